The summed E-state index contributed by atoms with van der Waals surface area (Å²) in [5.74, 6) is 0.769. The van der Waals surface area contributed by atoms with Gasteiger partial charge in [-0.2, -0.15) is 5.10 Å². The predicted molar refractivity (Wildman–Crippen MR) is 114 cm³/mol. The van der Waals surface area contributed by atoms with E-state index in [9.17, 15) is 0 Å². The van der Waals surface area contributed by atoms with Gasteiger partial charge in [-0.3, -0.25) is 0 Å². The summed E-state index contributed by atoms with van der Waals surface area (Å²) in [6, 6.07) is 25.8. The molecule has 0 atom stereocenters. The van der Waals surface area contributed by atoms with Crippen LogP contribution in [0.15, 0.2) is 89.1 Å². The van der Waals surface area contributed by atoms with Crippen LogP contribution in [0.1, 0.15) is 11.1 Å². The highest BCUT2D eigenvalue weighted by Gasteiger charge is 2.03. The first-order chi connectivity index (χ1) is 12.7. The van der Waals surface area contributed by atoms with Gasteiger partial charge in [0.15, 0.2) is 5.17 Å². The molecule has 3 aromatic carbocycles. The zero-order valence-corrected chi connectivity index (χ0v) is 15.6. The lowest BCUT2D eigenvalue weighted by Gasteiger charge is -2.06. The van der Waals surface area contributed by atoms with Gasteiger partial charge in [0.2, 0.25) is 0 Å². The number of nitrogens with two attached hydrogens (primary N) is 1. The van der Waals surface area contributed by atoms with Crippen molar-refractivity contribution >= 4 is 34.7 Å². The lowest BCUT2D eigenvalue weighted by Crippen LogP contribution is -2.06. The van der Waals surface area contributed by atoms with Crippen molar-refractivity contribution in [1.82, 2.24) is 0 Å². The second-order valence-corrected chi connectivity index (χ2v) is 6.99. The molecule has 26 heavy (non-hydrogen) atoms. The van der Waals surface area contributed by atoms with E-state index in [1.807, 2.05) is 66.7 Å². The Balaban J connectivity index is 1.70. The van der Waals surface area contributed by atoms with Crippen LogP contribution in [0.3, 0.4) is 0 Å². The fourth-order valence-electron chi connectivity index (χ4n) is 2.44. The quantitative estimate of drug-likeness (QED) is 0.357. The van der Waals surface area contributed by atoms with Gasteiger partial charge in [-0.1, -0.05) is 90.1 Å². The topological polar surface area (TPSA) is 50.7 Å². The van der Waals surface area contributed by atoms with Crippen LogP contribution in [-0.4, -0.2) is 11.4 Å². The maximum Gasteiger partial charge on any atom is 0.180 e. The molecular weight excluding hydrogens is 362 g/mol. The monoisotopic (exact) mass is 379 g/mol. The van der Waals surface area contributed by atoms with E-state index < -0.39 is 0 Å². The molecule has 0 amide bonds. The summed E-state index contributed by atoms with van der Waals surface area (Å²) in [5.41, 5.74) is 10.2. The number of hydrogen-bond acceptors (Lipinski definition) is 3. The molecular formula is C21H18ClN3S. The van der Waals surface area contributed by atoms with Gasteiger partial charge >= 0.3 is 0 Å². The molecule has 0 bridgehead atoms. The second kappa shape index (κ2) is 9.22. The molecule has 0 aromatic heterocycles. The molecule has 0 radical (unpaired) electrons. The lowest BCUT2D eigenvalue weighted by molar-refractivity contribution is 1.25. The third-order valence-corrected chi connectivity index (χ3v) is 4.77. The summed E-state index contributed by atoms with van der Waals surface area (Å²) >= 11 is 7.57. The van der Waals surface area contributed by atoms with Crippen molar-refractivity contribution in [1.29, 1.82) is 0 Å². The molecule has 0 aliphatic carbocycles. The number of hydrogen-bond donors (Lipinski definition) is 1. The van der Waals surface area contributed by atoms with Gasteiger partial charge in [-0.25, -0.2) is 0 Å². The average Bonchev–Trinajstić information content (AvgIpc) is 2.67. The van der Waals surface area contributed by atoms with Gasteiger partial charge in [-0.05, 0) is 28.8 Å². The van der Waals surface area contributed by atoms with Crippen LogP contribution in [0.2, 0.25) is 5.02 Å². The Kier molecular flexibility index (Phi) is 6.47. The second-order valence-electron chi connectivity index (χ2n) is 5.55. The highest BCUT2D eigenvalue weighted by atomic mass is 35.5. The normalized spacial score (nSPS) is 11.8. The van der Waals surface area contributed by atoms with E-state index in [4.69, 9.17) is 17.3 Å². The van der Waals surface area contributed by atoms with Crippen molar-refractivity contribution in [3.63, 3.8) is 0 Å². The first kappa shape index (κ1) is 18.2. The molecule has 0 saturated carbocycles. The summed E-state index contributed by atoms with van der Waals surface area (Å²) in [6.07, 6.45) is 1.71. The van der Waals surface area contributed by atoms with Crippen LogP contribution in [0.25, 0.3) is 11.1 Å². The molecule has 3 aromatic rings. The molecule has 0 fully saturated rings. The number of thioether (sulfide) groups is 1. The highest BCUT2D eigenvalue weighted by molar-refractivity contribution is 8.13. The molecule has 5 heteroatoms. The van der Waals surface area contributed by atoms with Gasteiger partial charge in [0, 0.05) is 16.3 Å². The maximum absolute atomic E-state index is 6.10. The van der Waals surface area contributed by atoms with E-state index in [0.29, 0.717) is 10.2 Å². The number of amidine groups is 1. The van der Waals surface area contributed by atoms with Gasteiger partial charge in [0.05, 0.1) is 6.21 Å². The molecule has 0 aliphatic rings. The molecule has 2 N–H and O–H groups in total. The molecule has 0 heterocycles. The van der Waals surface area contributed by atoms with E-state index in [2.05, 4.69) is 22.3 Å². The Morgan fingerprint density at radius 2 is 1.73 bits per heavy atom. The first-order valence-electron chi connectivity index (χ1n) is 8.10. The van der Waals surface area contributed by atoms with E-state index in [1.165, 1.54) is 17.3 Å². The summed E-state index contributed by atoms with van der Waals surface area (Å²) in [4.78, 5) is 0. The third-order valence-electron chi connectivity index (χ3n) is 3.68. The Morgan fingerprint density at radius 3 is 2.54 bits per heavy atom. The molecule has 0 aliphatic heterocycles. The van der Waals surface area contributed by atoms with Crippen LogP contribution >= 0.6 is 23.4 Å². The van der Waals surface area contributed by atoms with Crippen molar-refractivity contribution in [2.75, 3.05) is 0 Å². The molecule has 130 valence electrons. The number of halogens is 1. The Hall–Kier alpha value is -2.56. The number of rotatable bonds is 5. The fraction of sp³-hybridized carbons (Fsp3) is 0.0476. The minimum atomic E-state index is 0.435. The molecule has 0 saturated heterocycles. The van der Waals surface area contributed by atoms with Crippen LogP contribution in [0.4, 0.5) is 0 Å². The third kappa shape index (κ3) is 5.22. The molecule has 3 rings (SSSR count). The lowest BCUT2D eigenvalue weighted by atomic mass is 10.0. The van der Waals surface area contributed by atoms with E-state index in [-0.39, 0.29) is 0 Å². The molecule has 0 spiro atoms. The number of nitrogens with zero attached hydrogens (tertiary/aromatic N) is 2. The van der Waals surface area contributed by atoms with Crippen molar-refractivity contribution in [3.8, 4) is 11.1 Å². The summed E-state index contributed by atoms with van der Waals surface area (Å²) in [6.45, 7) is 0. The maximum atomic E-state index is 6.10. The van der Waals surface area contributed by atoms with Crippen LogP contribution in [-0.2, 0) is 5.75 Å². The van der Waals surface area contributed by atoms with Gasteiger partial charge in [0.25, 0.3) is 0 Å². The molecule has 3 nitrogen and oxygen atoms in total. The zero-order chi connectivity index (χ0) is 18.2. The standard InChI is InChI=1S/C21H18ClN3S/c22-19-11-6-10-17(13-19)20-12-5-4-9-18(20)14-24-25-21(23)26-15-16-7-2-1-3-8-16/h1-14H,15H2,(H2,23,25). The van der Waals surface area contributed by atoms with E-state index >= 15 is 0 Å². The number of benzene rings is 3. The summed E-state index contributed by atoms with van der Waals surface area (Å²) in [5, 5.41) is 9.37. The summed E-state index contributed by atoms with van der Waals surface area (Å²) in [7, 11) is 0. The van der Waals surface area contributed by atoms with Gasteiger partial charge < -0.3 is 5.73 Å². The van der Waals surface area contributed by atoms with Crippen LogP contribution in [0.5, 0.6) is 0 Å². The smallest absolute Gasteiger partial charge is 0.180 e. The van der Waals surface area contributed by atoms with Crippen LogP contribution < -0.4 is 5.73 Å². The van der Waals surface area contributed by atoms with Crippen molar-refractivity contribution in [3.05, 3.63) is 95.0 Å². The first-order valence-corrected chi connectivity index (χ1v) is 9.47. The minimum absolute atomic E-state index is 0.435. The Morgan fingerprint density at radius 1 is 0.962 bits per heavy atom. The fourth-order valence-corrected chi connectivity index (χ4v) is 3.24. The van der Waals surface area contributed by atoms with Gasteiger partial charge in [0.1, 0.15) is 0 Å². The average molecular weight is 380 g/mol. The van der Waals surface area contributed by atoms with Crippen molar-refractivity contribution in [2.45, 2.75) is 5.75 Å². The SMILES string of the molecule is NC(=NN=Cc1ccccc1-c1cccc(Cl)c1)SCc1ccccc1. The highest BCUT2D eigenvalue weighted by Crippen LogP contribution is 2.25. The Labute approximate surface area is 162 Å². The van der Waals surface area contributed by atoms with E-state index in [1.54, 1.807) is 6.21 Å². The minimum Gasteiger partial charge on any atom is -0.377 e. The van der Waals surface area contributed by atoms with E-state index in [0.717, 1.165) is 22.4 Å². The zero-order valence-electron chi connectivity index (χ0n) is 14.0. The largest absolute Gasteiger partial charge is 0.377 e. The molecule has 0 unspecified atom stereocenters. The van der Waals surface area contributed by atoms with Crippen molar-refractivity contribution < 1.29 is 0 Å². The Bertz CT molecular complexity index is 923. The van der Waals surface area contributed by atoms with Crippen LogP contribution in [0, 0.1) is 0 Å². The summed E-state index contributed by atoms with van der Waals surface area (Å²) < 4.78 is 0. The van der Waals surface area contributed by atoms with Crippen molar-refractivity contribution in [2.24, 2.45) is 15.9 Å². The van der Waals surface area contributed by atoms with Gasteiger partial charge in [-0.15, -0.1) is 5.10 Å². The predicted octanol–water partition coefficient (Wildman–Crippen LogP) is 5.59.